The van der Waals surface area contributed by atoms with Crippen molar-refractivity contribution in [3.63, 3.8) is 0 Å². The summed E-state index contributed by atoms with van der Waals surface area (Å²) >= 11 is 0. The van der Waals surface area contributed by atoms with Crippen LogP contribution in [0.25, 0.3) is 0 Å². The second kappa shape index (κ2) is 10.0. The lowest BCUT2D eigenvalue weighted by Gasteiger charge is -2.22. The van der Waals surface area contributed by atoms with Crippen molar-refractivity contribution in [3.05, 3.63) is 59.7 Å². The first-order chi connectivity index (χ1) is 15.8. The van der Waals surface area contributed by atoms with Gasteiger partial charge in [-0.15, -0.1) is 0 Å². The lowest BCUT2D eigenvalue weighted by Crippen LogP contribution is -2.39. The molecule has 4 rings (SSSR count). The number of rotatable bonds is 10. The Balaban J connectivity index is 1.28. The number of hydrogen-bond acceptors (Lipinski definition) is 5. The Morgan fingerprint density at radius 1 is 1.03 bits per heavy atom. The predicted octanol–water partition coefficient (Wildman–Crippen LogP) is 2.15. The Hall–Kier alpha value is -2.75. The highest BCUT2D eigenvalue weighted by Crippen LogP contribution is 2.23. The Bertz CT molecular complexity index is 1110. The highest BCUT2D eigenvalue weighted by molar-refractivity contribution is 7.89. The highest BCUT2D eigenvalue weighted by atomic mass is 32.2. The Labute approximate surface area is 194 Å². The number of anilines is 1. The number of nitrogens with zero attached hydrogens (tertiary/aromatic N) is 1. The third-order valence-electron chi connectivity index (χ3n) is 6.06. The van der Waals surface area contributed by atoms with Crippen LogP contribution in [0.2, 0.25) is 0 Å². The van der Waals surface area contributed by atoms with Gasteiger partial charge in [0.15, 0.2) is 0 Å². The van der Waals surface area contributed by atoms with Gasteiger partial charge >= 0.3 is 0 Å². The van der Waals surface area contributed by atoms with E-state index < -0.39 is 10.0 Å². The zero-order chi connectivity index (χ0) is 23.4. The van der Waals surface area contributed by atoms with Gasteiger partial charge in [0.2, 0.25) is 21.8 Å². The molecule has 0 spiro atoms. The predicted molar refractivity (Wildman–Crippen MR) is 126 cm³/mol. The molecule has 2 aromatic carbocycles. The fourth-order valence-electron chi connectivity index (χ4n) is 4.12. The zero-order valence-electron chi connectivity index (χ0n) is 18.5. The maximum atomic E-state index is 12.4. The number of aryl methyl sites for hydroxylation is 1. The van der Waals surface area contributed by atoms with Crippen LogP contribution in [0, 0.1) is 0 Å². The third kappa shape index (κ3) is 6.40. The number of hydrogen-bond donors (Lipinski definition) is 3. The number of benzene rings is 2. The number of nitrogens with two attached hydrogens (primary N) is 1. The van der Waals surface area contributed by atoms with E-state index >= 15 is 0 Å². The minimum Gasteiger partial charge on any atom is -0.368 e. The van der Waals surface area contributed by atoms with Gasteiger partial charge in [-0.05, 0) is 74.0 Å². The largest absolute Gasteiger partial charge is 0.368 e. The summed E-state index contributed by atoms with van der Waals surface area (Å²) in [5, 5.41) is 2.92. The molecule has 9 heteroatoms. The molecule has 2 aliphatic rings. The van der Waals surface area contributed by atoms with Crippen LogP contribution >= 0.6 is 0 Å². The normalized spacial score (nSPS) is 18.8. The van der Waals surface area contributed by atoms with Gasteiger partial charge in [0.25, 0.3) is 0 Å². The SMILES string of the molecule is NC(=O)C1CCCN1Cc1cccc(NC(=O)CCc2ccc(S(=O)(=O)NC3CC3)cc2)c1. The maximum absolute atomic E-state index is 12.4. The third-order valence-corrected chi connectivity index (χ3v) is 7.60. The number of amides is 2. The summed E-state index contributed by atoms with van der Waals surface area (Å²) in [6, 6.07) is 14.1. The van der Waals surface area contributed by atoms with Gasteiger partial charge in [-0.2, -0.15) is 0 Å². The van der Waals surface area contributed by atoms with Crippen molar-refractivity contribution >= 4 is 27.5 Å². The number of carbonyl (C=O) groups excluding carboxylic acids is 2. The maximum Gasteiger partial charge on any atom is 0.240 e. The van der Waals surface area contributed by atoms with E-state index in [1.165, 1.54) is 0 Å². The molecule has 8 nitrogen and oxygen atoms in total. The molecule has 0 bridgehead atoms. The molecule has 2 fully saturated rings. The number of carbonyl (C=O) groups is 2. The summed E-state index contributed by atoms with van der Waals surface area (Å²) in [4.78, 5) is 26.4. The summed E-state index contributed by atoms with van der Waals surface area (Å²) < 4.78 is 27.2. The first-order valence-electron chi connectivity index (χ1n) is 11.3. The summed E-state index contributed by atoms with van der Waals surface area (Å²) in [7, 11) is -3.47. The zero-order valence-corrected chi connectivity index (χ0v) is 19.3. The van der Waals surface area contributed by atoms with Crippen LogP contribution in [-0.2, 0) is 32.6 Å². The first-order valence-corrected chi connectivity index (χ1v) is 12.8. The summed E-state index contributed by atoms with van der Waals surface area (Å²) in [6.45, 7) is 1.45. The number of nitrogens with one attached hydrogen (secondary N) is 2. The molecule has 1 heterocycles. The van der Waals surface area contributed by atoms with Crippen LogP contribution in [0.4, 0.5) is 5.69 Å². The molecule has 2 aromatic rings. The van der Waals surface area contributed by atoms with Crippen LogP contribution in [0.5, 0.6) is 0 Å². The second-order valence-corrected chi connectivity index (χ2v) is 10.5. The molecule has 1 unspecified atom stereocenters. The van der Waals surface area contributed by atoms with Gasteiger partial charge in [-0.1, -0.05) is 24.3 Å². The molecule has 33 heavy (non-hydrogen) atoms. The highest BCUT2D eigenvalue weighted by Gasteiger charge is 2.29. The average molecular weight is 471 g/mol. The van der Waals surface area contributed by atoms with E-state index in [1.54, 1.807) is 24.3 Å². The molecule has 0 aromatic heterocycles. The average Bonchev–Trinajstić information content (AvgIpc) is 3.45. The van der Waals surface area contributed by atoms with Gasteiger partial charge in [-0.3, -0.25) is 14.5 Å². The summed E-state index contributed by atoms with van der Waals surface area (Å²) in [5.41, 5.74) is 8.12. The van der Waals surface area contributed by atoms with Gasteiger partial charge in [0.1, 0.15) is 0 Å². The molecule has 2 amide bonds. The molecule has 1 atom stereocenters. The number of likely N-dealkylation sites (tertiary alicyclic amines) is 1. The lowest BCUT2D eigenvalue weighted by atomic mass is 10.1. The van der Waals surface area contributed by atoms with Gasteiger partial charge in [0, 0.05) is 24.7 Å². The minimum absolute atomic E-state index is 0.0665. The van der Waals surface area contributed by atoms with E-state index in [4.69, 9.17) is 5.73 Å². The van der Waals surface area contributed by atoms with Crippen LogP contribution < -0.4 is 15.8 Å². The van der Waals surface area contributed by atoms with E-state index in [-0.39, 0.29) is 35.2 Å². The van der Waals surface area contributed by atoms with E-state index in [0.717, 1.165) is 43.4 Å². The van der Waals surface area contributed by atoms with E-state index in [1.807, 2.05) is 24.3 Å². The topological polar surface area (TPSA) is 122 Å². The van der Waals surface area contributed by atoms with Gasteiger partial charge < -0.3 is 11.1 Å². The second-order valence-electron chi connectivity index (χ2n) is 8.82. The molecule has 0 radical (unpaired) electrons. The fraction of sp³-hybridized carbons (Fsp3) is 0.417. The van der Waals surface area contributed by atoms with Crippen molar-refractivity contribution in [3.8, 4) is 0 Å². The van der Waals surface area contributed by atoms with Crippen molar-refractivity contribution < 1.29 is 18.0 Å². The Morgan fingerprint density at radius 3 is 2.48 bits per heavy atom. The van der Waals surface area contributed by atoms with Crippen molar-refractivity contribution in [1.82, 2.24) is 9.62 Å². The Kier molecular flexibility index (Phi) is 7.11. The van der Waals surface area contributed by atoms with Crippen LogP contribution in [-0.4, -0.2) is 43.8 Å². The molecular formula is C24H30N4O4S. The molecule has 1 aliphatic carbocycles. The van der Waals surface area contributed by atoms with Crippen LogP contribution in [0.3, 0.4) is 0 Å². The monoisotopic (exact) mass is 470 g/mol. The van der Waals surface area contributed by atoms with Gasteiger partial charge in [-0.25, -0.2) is 13.1 Å². The fourth-order valence-corrected chi connectivity index (χ4v) is 5.43. The molecule has 1 saturated heterocycles. The number of primary amides is 1. The van der Waals surface area contributed by atoms with E-state index in [0.29, 0.717) is 18.7 Å². The summed E-state index contributed by atoms with van der Waals surface area (Å²) in [6.07, 6.45) is 4.31. The number of sulfonamides is 1. The smallest absolute Gasteiger partial charge is 0.240 e. The van der Waals surface area contributed by atoms with E-state index in [2.05, 4.69) is 14.9 Å². The van der Waals surface area contributed by atoms with Crippen molar-refractivity contribution in [2.45, 2.75) is 62.0 Å². The van der Waals surface area contributed by atoms with Crippen molar-refractivity contribution in [2.75, 3.05) is 11.9 Å². The molecular weight excluding hydrogens is 440 g/mol. The quantitative estimate of drug-likeness (QED) is 0.491. The van der Waals surface area contributed by atoms with Crippen LogP contribution in [0.15, 0.2) is 53.4 Å². The van der Waals surface area contributed by atoms with E-state index in [9.17, 15) is 18.0 Å². The minimum atomic E-state index is -3.47. The van der Waals surface area contributed by atoms with Crippen LogP contribution in [0.1, 0.15) is 43.2 Å². The lowest BCUT2D eigenvalue weighted by molar-refractivity contribution is -0.122. The van der Waals surface area contributed by atoms with Crippen molar-refractivity contribution in [2.24, 2.45) is 5.73 Å². The molecule has 176 valence electrons. The Morgan fingerprint density at radius 2 is 1.79 bits per heavy atom. The molecule has 4 N–H and O–H groups in total. The standard InChI is InChI=1S/C24H30N4O4S/c25-24(30)22-5-2-14-28(22)16-18-3-1-4-20(15-18)26-23(29)13-8-17-6-11-21(12-7-17)33(31,32)27-19-9-10-19/h1,3-4,6-7,11-12,15,19,22,27H,2,5,8-10,13-14,16H2,(H2,25,30)(H,26,29). The first kappa shape index (κ1) is 23.4. The van der Waals surface area contributed by atoms with Gasteiger partial charge in [0.05, 0.1) is 10.9 Å². The summed E-state index contributed by atoms with van der Waals surface area (Å²) in [5.74, 6) is -0.405. The molecule has 1 saturated carbocycles. The molecule has 1 aliphatic heterocycles. The van der Waals surface area contributed by atoms with Crippen molar-refractivity contribution in [1.29, 1.82) is 0 Å².